The number of nitrogens with one attached hydrogen (secondary N) is 1. The summed E-state index contributed by atoms with van der Waals surface area (Å²) in [7, 11) is 0. The molecule has 4 heterocycles. The summed E-state index contributed by atoms with van der Waals surface area (Å²) in [6.45, 7) is 0.980. The third-order valence-corrected chi connectivity index (χ3v) is 6.08. The van der Waals surface area contributed by atoms with E-state index in [4.69, 9.17) is 4.52 Å². The molecule has 4 rings (SSSR count). The lowest BCUT2D eigenvalue weighted by Crippen LogP contribution is -2.29. The van der Waals surface area contributed by atoms with Crippen molar-refractivity contribution >= 4 is 23.1 Å². The van der Waals surface area contributed by atoms with Crippen molar-refractivity contribution in [2.24, 2.45) is 0 Å². The van der Waals surface area contributed by atoms with Crippen LogP contribution in [0.25, 0.3) is 0 Å². The van der Waals surface area contributed by atoms with Crippen LogP contribution in [0.4, 0.5) is 0 Å². The molecule has 0 radical (unpaired) electrons. The maximum absolute atomic E-state index is 5.51. The number of hydrogen-bond donors (Lipinski definition) is 1. The van der Waals surface area contributed by atoms with E-state index in [0.717, 1.165) is 24.7 Å². The highest BCUT2D eigenvalue weighted by Gasteiger charge is 2.29. The zero-order valence-electron chi connectivity index (χ0n) is 10.5. The van der Waals surface area contributed by atoms with Gasteiger partial charge in [0.05, 0.1) is 5.25 Å². The SMILES string of the molecule is c1cc2c(s1)CCNC2c1nc(C2CCCS2)no1. The highest BCUT2D eigenvalue weighted by Crippen LogP contribution is 2.39. The van der Waals surface area contributed by atoms with Gasteiger partial charge in [-0.3, -0.25) is 0 Å². The molecule has 0 aromatic carbocycles. The first-order valence-electron chi connectivity index (χ1n) is 6.66. The lowest BCUT2D eigenvalue weighted by Gasteiger charge is -2.20. The molecular formula is C13H15N3OS2. The van der Waals surface area contributed by atoms with Crippen molar-refractivity contribution in [3.05, 3.63) is 33.6 Å². The molecule has 0 bridgehead atoms. The van der Waals surface area contributed by atoms with Crippen LogP contribution in [0.1, 0.15) is 46.3 Å². The fraction of sp³-hybridized carbons (Fsp3) is 0.538. The van der Waals surface area contributed by atoms with Crippen molar-refractivity contribution in [3.63, 3.8) is 0 Å². The number of nitrogens with zero attached hydrogens (tertiary/aromatic N) is 2. The summed E-state index contributed by atoms with van der Waals surface area (Å²) in [6, 6.07) is 2.26. The molecule has 1 N–H and O–H groups in total. The molecule has 6 heteroatoms. The molecule has 2 atom stereocenters. The standard InChI is InChI=1S/C13H15N3OS2/c1-2-10(18-6-1)12-15-13(17-16-12)11-8-4-7-19-9(8)3-5-14-11/h4,7,10-11,14H,1-3,5-6H2. The monoisotopic (exact) mass is 293 g/mol. The summed E-state index contributed by atoms with van der Waals surface area (Å²) >= 11 is 3.76. The van der Waals surface area contributed by atoms with E-state index in [9.17, 15) is 0 Å². The average molecular weight is 293 g/mol. The van der Waals surface area contributed by atoms with Crippen LogP contribution < -0.4 is 5.32 Å². The fourth-order valence-corrected chi connectivity index (χ4v) is 4.86. The first-order chi connectivity index (χ1) is 9.42. The van der Waals surface area contributed by atoms with Gasteiger partial charge in [-0.2, -0.15) is 16.7 Å². The Morgan fingerprint density at radius 3 is 3.32 bits per heavy atom. The van der Waals surface area contributed by atoms with E-state index in [-0.39, 0.29) is 6.04 Å². The molecule has 2 aliphatic rings. The highest BCUT2D eigenvalue weighted by atomic mass is 32.2. The lowest BCUT2D eigenvalue weighted by atomic mass is 10.0. The van der Waals surface area contributed by atoms with Gasteiger partial charge in [-0.05, 0) is 42.0 Å². The number of rotatable bonds is 2. The van der Waals surface area contributed by atoms with Crippen molar-refractivity contribution in [2.75, 3.05) is 12.3 Å². The van der Waals surface area contributed by atoms with Crippen LogP contribution in [0.2, 0.25) is 0 Å². The summed E-state index contributed by atoms with van der Waals surface area (Å²) in [6.07, 6.45) is 3.53. The second-order valence-corrected chi connectivity index (χ2v) is 7.24. The topological polar surface area (TPSA) is 51.0 Å². The van der Waals surface area contributed by atoms with E-state index < -0.39 is 0 Å². The largest absolute Gasteiger partial charge is 0.337 e. The van der Waals surface area contributed by atoms with Crippen molar-refractivity contribution < 1.29 is 4.52 Å². The van der Waals surface area contributed by atoms with E-state index in [1.807, 2.05) is 23.1 Å². The molecule has 0 amide bonds. The summed E-state index contributed by atoms with van der Waals surface area (Å²) in [5.41, 5.74) is 1.31. The molecule has 0 aliphatic carbocycles. The van der Waals surface area contributed by atoms with Crippen LogP contribution in [0.5, 0.6) is 0 Å². The second-order valence-electron chi connectivity index (χ2n) is 4.93. The van der Waals surface area contributed by atoms with E-state index >= 15 is 0 Å². The van der Waals surface area contributed by atoms with E-state index in [1.165, 1.54) is 29.0 Å². The number of hydrogen-bond acceptors (Lipinski definition) is 6. The normalized spacial score (nSPS) is 26.5. The predicted octanol–water partition coefficient (Wildman–Crippen LogP) is 2.93. The van der Waals surface area contributed by atoms with E-state index in [0.29, 0.717) is 5.25 Å². The van der Waals surface area contributed by atoms with Crippen LogP contribution in [0.15, 0.2) is 16.0 Å². The maximum Gasteiger partial charge on any atom is 0.248 e. The predicted molar refractivity (Wildman–Crippen MR) is 76.6 cm³/mol. The van der Waals surface area contributed by atoms with Gasteiger partial charge in [0.15, 0.2) is 5.82 Å². The molecule has 1 saturated heterocycles. The molecule has 0 spiro atoms. The van der Waals surface area contributed by atoms with Crippen molar-refractivity contribution in [1.29, 1.82) is 0 Å². The summed E-state index contributed by atoms with van der Waals surface area (Å²) in [4.78, 5) is 6.08. The summed E-state index contributed by atoms with van der Waals surface area (Å²) in [5.74, 6) is 2.81. The summed E-state index contributed by atoms with van der Waals surface area (Å²) in [5, 5.41) is 10.3. The van der Waals surface area contributed by atoms with Gasteiger partial charge in [-0.15, -0.1) is 11.3 Å². The van der Waals surface area contributed by atoms with Crippen LogP contribution in [0.3, 0.4) is 0 Å². The quantitative estimate of drug-likeness (QED) is 0.922. The van der Waals surface area contributed by atoms with Crippen LogP contribution in [0, 0.1) is 0 Å². The Balaban J connectivity index is 1.63. The molecular weight excluding hydrogens is 278 g/mol. The third-order valence-electron chi connectivity index (χ3n) is 3.71. The zero-order valence-corrected chi connectivity index (χ0v) is 12.1. The van der Waals surface area contributed by atoms with Gasteiger partial charge >= 0.3 is 0 Å². The van der Waals surface area contributed by atoms with Gasteiger partial charge in [-0.25, -0.2) is 0 Å². The van der Waals surface area contributed by atoms with Gasteiger partial charge in [0.25, 0.3) is 0 Å². The number of aromatic nitrogens is 2. The zero-order chi connectivity index (χ0) is 12.7. The van der Waals surface area contributed by atoms with Gasteiger partial charge in [0, 0.05) is 11.4 Å². The fourth-order valence-electron chi connectivity index (χ4n) is 2.75. The van der Waals surface area contributed by atoms with Crippen LogP contribution in [-0.4, -0.2) is 22.4 Å². The average Bonchev–Trinajstić information content (AvgIpc) is 3.18. The van der Waals surface area contributed by atoms with Gasteiger partial charge in [0.2, 0.25) is 5.89 Å². The lowest BCUT2D eigenvalue weighted by molar-refractivity contribution is 0.341. The minimum absolute atomic E-state index is 0.0858. The van der Waals surface area contributed by atoms with Crippen molar-refractivity contribution in [2.45, 2.75) is 30.6 Å². The Kier molecular flexibility index (Phi) is 3.09. The van der Waals surface area contributed by atoms with Gasteiger partial charge < -0.3 is 9.84 Å². The Hall–Kier alpha value is -0.850. The Morgan fingerprint density at radius 2 is 2.42 bits per heavy atom. The smallest absolute Gasteiger partial charge is 0.248 e. The van der Waals surface area contributed by atoms with Gasteiger partial charge in [-0.1, -0.05) is 5.16 Å². The first kappa shape index (κ1) is 11.9. The van der Waals surface area contributed by atoms with Crippen molar-refractivity contribution in [3.8, 4) is 0 Å². The number of thiophene rings is 1. The molecule has 2 aromatic rings. The molecule has 4 nitrogen and oxygen atoms in total. The summed E-state index contributed by atoms with van der Waals surface area (Å²) < 4.78 is 5.51. The minimum Gasteiger partial charge on any atom is -0.337 e. The van der Waals surface area contributed by atoms with Crippen LogP contribution in [-0.2, 0) is 6.42 Å². The number of thioether (sulfide) groups is 1. The Bertz CT molecular complexity index is 574. The molecule has 2 aliphatic heterocycles. The molecule has 2 aromatic heterocycles. The van der Waals surface area contributed by atoms with E-state index in [2.05, 4.69) is 26.9 Å². The molecule has 2 unspecified atom stereocenters. The molecule has 100 valence electrons. The van der Waals surface area contributed by atoms with E-state index in [1.54, 1.807) is 0 Å². The number of fused-ring (bicyclic) bond motifs is 1. The molecule has 1 fully saturated rings. The maximum atomic E-state index is 5.51. The van der Waals surface area contributed by atoms with Gasteiger partial charge in [0.1, 0.15) is 6.04 Å². The first-order valence-corrected chi connectivity index (χ1v) is 8.59. The Morgan fingerprint density at radius 1 is 1.42 bits per heavy atom. The second kappa shape index (κ2) is 4.92. The highest BCUT2D eigenvalue weighted by molar-refractivity contribution is 7.99. The third kappa shape index (κ3) is 2.11. The minimum atomic E-state index is 0.0858. The molecule has 0 saturated carbocycles. The van der Waals surface area contributed by atoms with Crippen LogP contribution >= 0.6 is 23.1 Å². The van der Waals surface area contributed by atoms with Crippen molar-refractivity contribution in [1.82, 2.24) is 15.5 Å². The Labute approximate surface area is 120 Å². The molecule has 19 heavy (non-hydrogen) atoms.